The fourth-order valence-corrected chi connectivity index (χ4v) is 3.69. The molecule has 4 rings (SSSR count). The van der Waals surface area contributed by atoms with Gasteiger partial charge in [-0.05, 0) is 55.5 Å². The number of anilines is 1. The summed E-state index contributed by atoms with van der Waals surface area (Å²) in [6.45, 7) is 3.99. The molecule has 0 N–H and O–H groups in total. The lowest BCUT2D eigenvalue weighted by atomic mass is 10.1. The normalized spacial score (nSPS) is 15.9. The van der Waals surface area contributed by atoms with Crippen LogP contribution in [0.15, 0.2) is 60.9 Å². The molecule has 166 valence electrons. The molecule has 2 heterocycles. The van der Waals surface area contributed by atoms with Crippen LogP contribution >= 0.6 is 0 Å². The van der Waals surface area contributed by atoms with Gasteiger partial charge in [0.2, 0.25) is 5.88 Å². The minimum Gasteiger partial charge on any atom is -0.497 e. The number of carbonyl (C=O) groups is 1. The third-order valence-corrected chi connectivity index (χ3v) is 5.46. The number of hydrogen-bond acceptors (Lipinski definition) is 7. The number of rotatable bonds is 6. The summed E-state index contributed by atoms with van der Waals surface area (Å²) in [6, 6.07) is 16.4. The Hall–Kier alpha value is -3.81. The van der Waals surface area contributed by atoms with Crippen LogP contribution in [0.25, 0.3) is 0 Å². The molecule has 32 heavy (non-hydrogen) atoms. The number of hydrogen-bond donors (Lipinski definition) is 0. The molecule has 0 spiro atoms. The summed E-state index contributed by atoms with van der Waals surface area (Å²) in [6.07, 6.45) is 1.49. The summed E-state index contributed by atoms with van der Waals surface area (Å²) < 4.78 is 16.2. The molecule has 1 unspecified atom stereocenters. The first-order chi connectivity index (χ1) is 15.6. The van der Waals surface area contributed by atoms with Crippen LogP contribution in [0.4, 0.5) is 5.82 Å². The molecule has 1 aliphatic rings. The van der Waals surface area contributed by atoms with Crippen molar-refractivity contribution in [3.05, 3.63) is 66.5 Å². The van der Waals surface area contributed by atoms with Crippen molar-refractivity contribution in [3.8, 4) is 23.1 Å². The van der Waals surface area contributed by atoms with Crippen molar-refractivity contribution in [3.63, 3.8) is 0 Å². The zero-order valence-corrected chi connectivity index (χ0v) is 18.4. The highest BCUT2D eigenvalue weighted by Crippen LogP contribution is 2.26. The number of benzene rings is 2. The highest BCUT2D eigenvalue weighted by atomic mass is 16.5. The van der Waals surface area contributed by atoms with Crippen LogP contribution in [0.1, 0.15) is 17.3 Å². The average Bonchev–Trinajstić information content (AvgIpc) is 2.84. The van der Waals surface area contributed by atoms with Crippen LogP contribution in [0.2, 0.25) is 0 Å². The van der Waals surface area contributed by atoms with Gasteiger partial charge in [0.15, 0.2) is 0 Å². The van der Waals surface area contributed by atoms with E-state index in [1.165, 1.54) is 6.33 Å². The fourth-order valence-electron chi connectivity index (χ4n) is 3.69. The molecule has 0 aliphatic carbocycles. The van der Waals surface area contributed by atoms with Crippen molar-refractivity contribution in [1.82, 2.24) is 14.9 Å². The van der Waals surface area contributed by atoms with Crippen LogP contribution in [-0.4, -0.2) is 60.7 Å². The molecule has 2 aromatic carbocycles. The van der Waals surface area contributed by atoms with Crippen molar-refractivity contribution in [2.45, 2.75) is 13.0 Å². The molecule has 1 aliphatic heterocycles. The van der Waals surface area contributed by atoms with E-state index in [2.05, 4.69) is 14.9 Å². The second kappa shape index (κ2) is 9.55. The summed E-state index contributed by atoms with van der Waals surface area (Å²) in [7, 11) is 3.23. The number of nitrogens with zero attached hydrogens (tertiary/aromatic N) is 4. The van der Waals surface area contributed by atoms with Crippen LogP contribution in [-0.2, 0) is 0 Å². The van der Waals surface area contributed by atoms with Gasteiger partial charge in [0.1, 0.15) is 29.4 Å². The molecule has 3 aromatic rings. The molecule has 0 bridgehead atoms. The lowest BCUT2D eigenvalue weighted by Gasteiger charge is -2.40. The maximum absolute atomic E-state index is 13.0. The lowest BCUT2D eigenvalue weighted by Crippen LogP contribution is -2.54. The quantitative estimate of drug-likeness (QED) is 0.586. The zero-order valence-electron chi connectivity index (χ0n) is 18.4. The van der Waals surface area contributed by atoms with Crippen LogP contribution in [0.5, 0.6) is 23.1 Å². The standard InChI is InChI=1S/C24H26N4O4/c1-17-15-27(12-13-28(17)24(29)18-4-6-19(30-2)7-5-18)22-14-23(26-16-25-22)32-21-10-8-20(31-3)9-11-21/h4-11,14,16-17H,12-13,15H2,1-3H3. The average molecular weight is 434 g/mol. The van der Waals surface area contributed by atoms with Crippen molar-refractivity contribution in [2.75, 3.05) is 38.8 Å². The summed E-state index contributed by atoms with van der Waals surface area (Å²) in [5.41, 5.74) is 0.656. The number of ether oxygens (including phenoxy) is 3. The molecule has 8 heteroatoms. The number of aromatic nitrogens is 2. The highest BCUT2D eigenvalue weighted by Gasteiger charge is 2.29. The molecular formula is C24H26N4O4. The number of methoxy groups -OCH3 is 2. The third kappa shape index (κ3) is 4.74. The molecule has 1 saturated heterocycles. The largest absolute Gasteiger partial charge is 0.497 e. The minimum atomic E-state index is 0.0195. The number of carbonyl (C=O) groups excluding carboxylic acids is 1. The van der Waals surface area contributed by atoms with Crippen molar-refractivity contribution in [1.29, 1.82) is 0 Å². The van der Waals surface area contributed by atoms with Gasteiger partial charge in [-0.1, -0.05) is 0 Å². The van der Waals surface area contributed by atoms with Gasteiger partial charge in [-0.2, -0.15) is 0 Å². The van der Waals surface area contributed by atoms with E-state index < -0.39 is 0 Å². The number of piperazine rings is 1. The van der Waals surface area contributed by atoms with E-state index in [-0.39, 0.29) is 11.9 Å². The molecule has 8 nitrogen and oxygen atoms in total. The van der Waals surface area contributed by atoms with E-state index in [0.717, 1.165) is 17.3 Å². The maximum atomic E-state index is 13.0. The molecule has 1 aromatic heterocycles. The van der Waals surface area contributed by atoms with Gasteiger partial charge < -0.3 is 24.0 Å². The van der Waals surface area contributed by atoms with Crippen molar-refractivity contribution < 1.29 is 19.0 Å². The third-order valence-electron chi connectivity index (χ3n) is 5.46. The summed E-state index contributed by atoms with van der Waals surface area (Å²) in [5.74, 6) is 3.41. The Morgan fingerprint density at radius 1 is 0.906 bits per heavy atom. The second-order valence-electron chi connectivity index (χ2n) is 7.51. The Balaban J connectivity index is 1.41. The highest BCUT2D eigenvalue weighted by molar-refractivity contribution is 5.94. The van der Waals surface area contributed by atoms with Crippen LogP contribution in [0, 0.1) is 0 Å². The van der Waals surface area contributed by atoms with E-state index in [1.54, 1.807) is 38.5 Å². The van der Waals surface area contributed by atoms with E-state index >= 15 is 0 Å². The minimum absolute atomic E-state index is 0.0195. The Kier molecular flexibility index (Phi) is 6.39. The van der Waals surface area contributed by atoms with Gasteiger partial charge in [0, 0.05) is 37.3 Å². The van der Waals surface area contributed by atoms with E-state index in [1.807, 2.05) is 42.2 Å². The van der Waals surface area contributed by atoms with E-state index in [4.69, 9.17) is 14.2 Å². The Morgan fingerprint density at radius 3 is 2.16 bits per heavy atom. The maximum Gasteiger partial charge on any atom is 0.254 e. The Morgan fingerprint density at radius 2 is 1.53 bits per heavy atom. The first-order valence-electron chi connectivity index (χ1n) is 10.4. The topological polar surface area (TPSA) is 77.0 Å². The monoisotopic (exact) mass is 434 g/mol. The smallest absolute Gasteiger partial charge is 0.254 e. The van der Waals surface area contributed by atoms with Gasteiger partial charge in [-0.15, -0.1) is 0 Å². The predicted octanol–water partition coefficient (Wildman–Crippen LogP) is 3.64. The van der Waals surface area contributed by atoms with Gasteiger partial charge >= 0.3 is 0 Å². The molecular weight excluding hydrogens is 408 g/mol. The van der Waals surface area contributed by atoms with Crippen LogP contribution in [0.3, 0.4) is 0 Å². The van der Waals surface area contributed by atoms with Gasteiger partial charge in [0.25, 0.3) is 5.91 Å². The molecule has 0 radical (unpaired) electrons. The Labute approximate surface area is 187 Å². The van der Waals surface area contributed by atoms with Crippen LogP contribution < -0.4 is 19.1 Å². The summed E-state index contributed by atoms with van der Waals surface area (Å²) >= 11 is 0. The summed E-state index contributed by atoms with van der Waals surface area (Å²) in [4.78, 5) is 25.6. The first-order valence-corrected chi connectivity index (χ1v) is 10.4. The second-order valence-corrected chi connectivity index (χ2v) is 7.51. The molecule has 1 fully saturated rings. The van der Waals surface area contributed by atoms with Crippen molar-refractivity contribution >= 4 is 11.7 Å². The Bertz CT molecular complexity index is 1060. The molecule has 1 atom stereocenters. The van der Waals surface area contributed by atoms with E-state index in [9.17, 15) is 4.79 Å². The summed E-state index contributed by atoms with van der Waals surface area (Å²) in [5, 5.41) is 0. The van der Waals surface area contributed by atoms with Gasteiger partial charge in [0.05, 0.1) is 14.2 Å². The van der Waals surface area contributed by atoms with Crippen molar-refractivity contribution in [2.24, 2.45) is 0 Å². The SMILES string of the molecule is COc1ccc(Oc2cc(N3CCN(C(=O)c4ccc(OC)cc4)C(C)C3)ncn2)cc1. The molecule has 0 saturated carbocycles. The molecule has 1 amide bonds. The first kappa shape index (κ1) is 21.4. The lowest BCUT2D eigenvalue weighted by molar-refractivity contribution is 0.0673. The number of amides is 1. The fraction of sp³-hybridized carbons (Fsp3) is 0.292. The predicted molar refractivity (Wildman–Crippen MR) is 121 cm³/mol. The zero-order chi connectivity index (χ0) is 22.5. The van der Waals surface area contributed by atoms with E-state index in [0.29, 0.717) is 36.8 Å². The van der Waals surface area contributed by atoms with Gasteiger partial charge in [-0.25, -0.2) is 9.97 Å². The van der Waals surface area contributed by atoms with Gasteiger partial charge in [-0.3, -0.25) is 4.79 Å².